The summed E-state index contributed by atoms with van der Waals surface area (Å²) in [5, 5.41) is 16.6. The second-order valence-electron chi connectivity index (χ2n) is 5.40. The summed E-state index contributed by atoms with van der Waals surface area (Å²) in [6, 6.07) is 0. The molecule has 6 heteroatoms. The van der Waals surface area contributed by atoms with Gasteiger partial charge < -0.3 is 10.4 Å². The van der Waals surface area contributed by atoms with Crippen molar-refractivity contribution in [2.45, 2.75) is 53.2 Å². The normalized spacial score (nSPS) is 12.7. The van der Waals surface area contributed by atoms with E-state index in [4.69, 9.17) is 0 Å². The van der Waals surface area contributed by atoms with E-state index >= 15 is 0 Å². The summed E-state index contributed by atoms with van der Waals surface area (Å²) in [6.45, 7) is 10.4. The van der Waals surface area contributed by atoms with Crippen LogP contribution in [0.3, 0.4) is 0 Å². The van der Waals surface area contributed by atoms with Crippen molar-refractivity contribution >= 4 is 5.97 Å². The van der Waals surface area contributed by atoms with Crippen LogP contribution >= 0.6 is 0 Å². The summed E-state index contributed by atoms with van der Waals surface area (Å²) < 4.78 is 1.79. The number of hydrogen-bond donors (Lipinski definition) is 2. The molecule has 0 aliphatic heterocycles. The van der Waals surface area contributed by atoms with Gasteiger partial charge in [-0.2, -0.15) is 5.10 Å². The van der Waals surface area contributed by atoms with Gasteiger partial charge in [0.2, 0.25) is 0 Å². The molecule has 0 saturated carbocycles. The second-order valence-corrected chi connectivity index (χ2v) is 5.40. The van der Waals surface area contributed by atoms with Crippen LogP contribution in [0.25, 0.3) is 0 Å². The predicted molar refractivity (Wildman–Crippen MR) is 68.0 cm³/mol. The Morgan fingerprint density at radius 3 is 2.56 bits per heavy atom. The lowest BCUT2D eigenvalue weighted by Gasteiger charge is -2.39. The minimum atomic E-state index is -0.871. The van der Waals surface area contributed by atoms with E-state index in [0.717, 1.165) is 12.4 Å². The third-order valence-corrected chi connectivity index (χ3v) is 3.78. The molecule has 0 radical (unpaired) electrons. The van der Waals surface area contributed by atoms with Gasteiger partial charge in [-0.15, -0.1) is 0 Å². The van der Waals surface area contributed by atoms with Crippen LogP contribution in [0.2, 0.25) is 0 Å². The van der Waals surface area contributed by atoms with Crippen molar-refractivity contribution in [1.82, 2.24) is 20.1 Å². The van der Waals surface area contributed by atoms with E-state index in [-0.39, 0.29) is 0 Å². The second kappa shape index (κ2) is 5.06. The van der Waals surface area contributed by atoms with Crippen LogP contribution < -0.4 is 5.32 Å². The zero-order valence-corrected chi connectivity index (χ0v) is 11.7. The van der Waals surface area contributed by atoms with Crippen LogP contribution in [0.5, 0.6) is 0 Å². The molecule has 1 rings (SSSR count). The van der Waals surface area contributed by atoms with E-state index in [9.17, 15) is 9.90 Å². The van der Waals surface area contributed by atoms with E-state index in [1.807, 2.05) is 20.8 Å². The maximum Gasteiger partial charge on any atom is 0.310 e. The summed E-state index contributed by atoms with van der Waals surface area (Å²) in [5.41, 5.74) is -1.42. The van der Waals surface area contributed by atoms with E-state index < -0.39 is 16.9 Å². The fourth-order valence-electron chi connectivity index (χ4n) is 1.48. The Morgan fingerprint density at radius 1 is 1.44 bits per heavy atom. The van der Waals surface area contributed by atoms with Gasteiger partial charge in [-0.05, 0) is 34.6 Å². The molecule has 6 nitrogen and oxygen atoms in total. The van der Waals surface area contributed by atoms with E-state index in [1.54, 1.807) is 18.5 Å². The molecule has 0 unspecified atom stereocenters. The van der Waals surface area contributed by atoms with Crippen LogP contribution in [0.15, 0.2) is 6.33 Å². The quantitative estimate of drug-likeness (QED) is 0.799. The molecule has 0 aliphatic rings. The summed E-state index contributed by atoms with van der Waals surface area (Å²) in [7, 11) is 0. The SMILES string of the molecule is CCn1ncnc1CNC(C)(C)C(C)(C)C(=O)O. The van der Waals surface area contributed by atoms with Crippen LogP contribution in [-0.4, -0.2) is 31.4 Å². The molecule has 102 valence electrons. The number of hydrogen-bond acceptors (Lipinski definition) is 4. The molecule has 2 N–H and O–H groups in total. The van der Waals surface area contributed by atoms with Crippen molar-refractivity contribution < 1.29 is 9.90 Å². The number of aliphatic carboxylic acids is 1. The molecule has 1 heterocycles. The summed E-state index contributed by atoms with van der Waals surface area (Å²) >= 11 is 0. The Morgan fingerprint density at radius 2 is 2.06 bits per heavy atom. The van der Waals surface area contributed by atoms with E-state index in [2.05, 4.69) is 15.4 Å². The Hall–Kier alpha value is -1.43. The summed E-state index contributed by atoms with van der Waals surface area (Å²) in [6.07, 6.45) is 1.51. The standard InChI is InChI=1S/C12H22N4O2/c1-6-16-9(13-8-15-16)7-14-12(4,5)11(2,3)10(17)18/h8,14H,6-7H2,1-5H3,(H,17,18). The Balaban J connectivity index is 2.76. The molecule has 0 bridgehead atoms. The minimum Gasteiger partial charge on any atom is -0.481 e. The Labute approximate surface area is 107 Å². The van der Waals surface area contributed by atoms with Gasteiger partial charge in [0, 0.05) is 12.1 Å². The van der Waals surface area contributed by atoms with Gasteiger partial charge in [-0.3, -0.25) is 4.79 Å². The number of aromatic nitrogens is 3. The number of rotatable bonds is 6. The summed E-state index contributed by atoms with van der Waals surface area (Å²) in [4.78, 5) is 15.4. The van der Waals surface area contributed by atoms with Crippen LogP contribution in [-0.2, 0) is 17.9 Å². The molecule has 18 heavy (non-hydrogen) atoms. The highest BCUT2D eigenvalue weighted by Crippen LogP contribution is 2.30. The van der Waals surface area contributed by atoms with Crippen molar-refractivity contribution in [1.29, 1.82) is 0 Å². The predicted octanol–water partition coefficient (Wildman–Crippen LogP) is 1.28. The fraction of sp³-hybridized carbons (Fsp3) is 0.750. The lowest BCUT2D eigenvalue weighted by molar-refractivity contribution is -0.151. The number of carboxylic acid groups (broad SMARTS) is 1. The Kier molecular flexibility index (Phi) is 4.11. The van der Waals surface area contributed by atoms with Gasteiger partial charge in [0.1, 0.15) is 12.2 Å². The largest absolute Gasteiger partial charge is 0.481 e. The highest BCUT2D eigenvalue weighted by atomic mass is 16.4. The molecule has 0 fully saturated rings. The van der Waals surface area contributed by atoms with Crippen LogP contribution in [0.4, 0.5) is 0 Å². The highest BCUT2D eigenvalue weighted by Gasteiger charge is 2.43. The number of aryl methyl sites for hydroxylation is 1. The van der Waals surface area contributed by atoms with E-state index in [1.165, 1.54) is 6.33 Å². The highest BCUT2D eigenvalue weighted by molar-refractivity contribution is 5.75. The van der Waals surface area contributed by atoms with Crippen molar-refractivity contribution in [2.75, 3.05) is 0 Å². The first-order chi connectivity index (χ1) is 8.22. The molecule has 0 saturated heterocycles. The first-order valence-corrected chi connectivity index (χ1v) is 6.07. The first-order valence-electron chi connectivity index (χ1n) is 6.07. The van der Waals surface area contributed by atoms with Crippen molar-refractivity contribution in [3.8, 4) is 0 Å². The zero-order chi connectivity index (χ0) is 14.0. The molecular formula is C12H22N4O2. The number of carbonyl (C=O) groups is 1. The Bertz CT molecular complexity index is 423. The van der Waals surface area contributed by atoms with Gasteiger partial charge in [0.05, 0.1) is 12.0 Å². The van der Waals surface area contributed by atoms with E-state index in [0.29, 0.717) is 6.54 Å². The van der Waals surface area contributed by atoms with Crippen LogP contribution in [0, 0.1) is 5.41 Å². The third-order valence-electron chi connectivity index (χ3n) is 3.78. The molecular weight excluding hydrogens is 232 g/mol. The van der Waals surface area contributed by atoms with Crippen molar-refractivity contribution in [2.24, 2.45) is 5.41 Å². The minimum absolute atomic E-state index is 0.498. The molecule has 1 aromatic rings. The summed E-state index contributed by atoms with van der Waals surface area (Å²) in [5.74, 6) is -0.0104. The lowest BCUT2D eigenvalue weighted by atomic mass is 9.74. The van der Waals surface area contributed by atoms with Gasteiger partial charge in [0.15, 0.2) is 0 Å². The van der Waals surface area contributed by atoms with Crippen LogP contribution in [0.1, 0.15) is 40.4 Å². The maximum absolute atomic E-state index is 11.3. The number of nitrogens with zero attached hydrogens (tertiary/aromatic N) is 3. The number of carboxylic acids is 1. The third kappa shape index (κ3) is 2.69. The van der Waals surface area contributed by atoms with Gasteiger partial charge >= 0.3 is 5.97 Å². The monoisotopic (exact) mass is 254 g/mol. The average molecular weight is 254 g/mol. The molecule has 0 aliphatic carbocycles. The van der Waals surface area contributed by atoms with Crippen molar-refractivity contribution in [3.63, 3.8) is 0 Å². The fourth-order valence-corrected chi connectivity index (χ4v) is 1.48. The molecule has 1 aromatic heterocycles. The first kappa shape index (κ1) is 14.6. The van der Waals surface area contributed by atoms with Gasteiger partial charge in [-0.25, -0.2) is 9.67 Å². The molecule has 0 atom stereocenters. The van der Waals surface area contributed by atoms with Gasteiger partial charge in [-0.1, -0.05) is 0 Å². The number of nitrogens with one attached hydrogen (secondary N) is 1. The van der Waals surface area contributed by atoms with Gasteiger partial charge in [0.25, 0.3) is 0 Å². The topological polar surface area (TPSA) is 80.0 Å². The zero-order valence-electron chi connectivity index (χ0n) is 11.7. The smallest absolute Gasteiger partial charge is 0.310 e. The maximum atomic E-state index is 11.3. The molecule has 0 spiro atoms. The lowest BCUT2D eigenvalue weighted by Crippen LogP contribution is -2.54. The molecule has 0 aromatic carbocycles. The average Bonchev–Trinajstić information content (AvgIpc) is 2.73. The van der Waals surface area contributed by atoms with Crippen molar-refractivity contribution in [3.05, 3.63) is 12.2 Å². The molecule has 0 amide bonds.